The molecule has 0 bridgehead atoms. The number of hydrogen-bond acceptors (Lipinski definition) is 7. The van der Waals surface area contributed by atoms with Gasteiger partial charge in [0.1, 0.15) is 29.9 Å². The van der Waals surface area contributed by atoms with Gasteiger partial charge in [0.2, 0.25) is 0 Å². The average Bonchev–Trinajstić information content (AvgIpc) is 2.85. The second kappa shape index (κ2) is 12.7. The third-order valence-corrected chi connectivity index (χ3v) is 7.67. The fourth-order valence-electron chi connectivity index (χ4n) is 4.36. The maximum absolute atomic E-state index is 10.6. The van der Waals surface area contributed by atoms with Gasteiger partial charge in [-0.3, -0.25) is 0 Å². The van der Waals surface area contributed by atoms with Crippen molar-refractivity contribution in [2.75, 3.05) is 19.4 Å². The zero-order valence-corrected chi connectivity index (χ0v) is 22.1. The molecule has 1 fully saturated rings. The molecule has 1 aliphatic rings. The fourth-order valence-corrected chi connectivity index (χ4v) is 5.03. The van der Waals surface area contributed by atoms with Gasteiger partial charge in [0.15, 0.2) is 0 Å². The van der Waals surface area contributed by atoms with Crippen molar-refractivity contribution in [3.63, 3.8) is 0 Å². The molecule has 6 nitrogen and oxygen atoms in total. The summed E-state index contributed by atoms with van der Waals surface area (Å²) in [5, 5.41) is 43.7. The molecule has 1 saturated heterocycles. The van der Waals surface area contributed by atoms with Gasteiger partial charge < -0.3 is 30.5 Å². The topological polar surface area (TPSA) is 102 Å². The summed E-state index contributed by atoms with van der Waals surface area (Å²) >= 11 is 1.32. The van der Waals surface area contributed by atoms with Crippen molar-refractivity contribution in [3.8, 4) is 0 Å². The number of ether oxygens (including phenoxy) is 1. The molecule has 5 N–H and O–H groups in total. The van der Waals surface area contributed by atoms with Crippen molar-refractivity contribution in [2.45, 2.75) is 81.8 Å². The van der Waals surface area contributed by atoms with Gasteiger partial charge in [-0.05, 0) is 87.1 Å². The van der Waals surface area contributed by atoms with Gasteiger partial charge in [-0.1, -0.05) is 42.5 Å². The first-order valence-corrected chi connectivity index (χ1v) is 13.7. The van der Waals surface area contributed by atoms with Crippen LogP contribution in [-0.4, -0.2) is 69.1 Å². The van der Waals surface area contributed by atoms with Crippen LogP contribution in [0.4, 0.5) is 0 Å². The van der Waals surface area contributed by atoms with Crippen LogP contribution in [0.2, 0.25) is 0 Å². The van der Waals surface area contributed by atoms with E-state index in [1.165, 1.54) is 22.9 Å². The van der Waals surface area contributed by atoms with Crippen LogP contribution in [0.25, 0.3) is 0 Å². The Morgan fingerprint density at radius 2 is 1.63 bits per heavy atom. The highest BCUT2D eigenvalue weighted by Crippen LogP contribution is 2.36. The largest absolute Gasteiger partial charge is 0.394 e. The Morgan fingerprint density at radius 3 is 2.29 bits per heavy atom. The minimum absolute atomic E-state index is 0.133. The van der Waals surface area contributed by atoms with E-state index in [2.05, 4.69) is 36.5 Å². The maximum atomic E-state index is 10.6. The average molecular weight is 504 g/mol. The molecular formula is C28H41NO5S. The standard InChI is InChI=1S/C28H41NO5S/c1-18-8-13-21(26-24(32)23(31)25(33)27(34-26)35-4)16-22(18)15-20-11-9-19(10-12-20)7-5-6-14-29-28(2,3)17-30/h8-13,16,23-27,29-33H,5-7,14-15,17H2,1-4H3. The minimum atomic E-state index is -1.25. The molecular weight excluding hydrogens is 462 g/mol. The van der Waals surface area contributed by atoms with E-state index >= 15 is 0 Å². The second-order valence-electron chi connectivity index (χ2n) is 10.2. The number of benzene rings is 2. The van der Waals surface area contributed by atoms with Crippen molar-refractivity contribution in [1.82, 2.24) is 5.32 Å². The third kappa shape index (κ3) is 7.52. The van der Waals surface area contributed by atoms with Crippen LogP contribution in [0.3, 0.4) is 0 Å². The Bertz CT molecular complexity index is 933. The number of unbranched alkanes of at least 4 members (excludes halogenated alkanes) is 1. The molecule has 1 heterocycles. The molecule has 35 heavy (non-hydrogen) atoms. The van der Waals surface area contributed by atoms with E-state index in [0.717, 1.165) is 48.9 Å². The molecule has 5 atom stereocenters. The first kappa shape index (κ1) is 28.1. The van der Waals surface area contributed by atoms with Crippen LogP contribution in [0, 0.1) is 6.92 Å². The Balaban J connectivity index is 1.60. The lowest BCUT2D eigenvalue weighted by Gasteiger charge is -2.40. The van der Waals surface area contributed by atoms with Gasteiger partial charge in [0, 0.05) is 5.54 Å². The predicted molar refractivity (Wildman–Crippen MR) is 142 cm³/mol. The number of rotatable bonds is 11. The normalized spacial score (nSPS) is 25.1. The smallest absolute Gasteiger partial charge is 0.132 e. The number of aliphatic hydroxyl groups excluding tert-OH is 4. The highest BCUT2D eigenvalue weighted by Gasteiger charge is 2.44. The van der Waals surface area contributed by atoms with Crippen molar-refractivity contribution >= 4 is 11.8 Å². The highest BCUT2D eigenvalue weighted by atomic mass is 32.2. The summed E-state index contributed by atoms with van der Waals surface area (Å²) in [5.41, 5.74) is 4.81. The summed E-state index contributed by atoms with van der Waals surface area (Å²) < 4.78 is 5.94. The minimum Gasteiger partial charge on any atom is -0.394 e. The molecule has 0 saturated carbocycles. The summed E-state index contributed by atoms with van der Waals surface area (Å²) in [7, 11) is 0. The van der Waals surface area contributed by atoms with Crippen LogP contribution in [-0.2, 0) is 17.6 Å². The number of nitrogens with one attached hydrogen (secondary N) is 1. The van der Waals surface area contributed by atoms with E-state index in [1.54, 1.807) is 0 Å². The molecule has 5 unspecified atom stereocenters. The SMILES string of the molecule is CSC1OC(c2ccc(C)c(Cc3ccc(CCCCNC(C)(C)CO)cc3)c2)C(O)C(O)C1O. The summed E-state index contributed by atoms with van der Waals surface area (Å²) in [6.07, 6.45) is 1.51. The first-order valence-electron chi connectivity index (χ1n) is 12.4. The molecule has 0 aromatic heterocycles. The lowest BCUT2D eigenvalue weighted by Crippen LogP contribution is -2.52. The zero-order chi connectivity index (χ0) is 25.6. The molecule has 0 amide bonds. The van der Waals surface area contributed by atoms with Crippen LogP contribution in [0.1, 0.15) is 60.6 Å². The van der Waals surface area contributed by atoms with Crippen molar-refractivity contribution in [3.05, 3.63) is 70.3 Å². The van der Waals surface area contributed by atoms with Crippen LogP contribution in [0.15, 0.2) is 42.5 Å². The van der Waals surface area contributed by atoms with E-state index in [0.29, 0.717) is 0 Å². The number of thioether (sulfide) groups is 1. The van der Waals surface area contributed by atoms with Gasteiger partial charge in [-0.25, -0.2) is 0 Å². The molecule has 0 spiro atoms. The van der Waals surface area contributed by atoms with Crippen LogP contribution < -0.4 is 5.32 Å². The van der Waals surface area contributed by atoms with E-state index in [4.69, 9.17) is 4.74 Å². The van der Waals surface area contributed by atoms with E-state index in [1.807, 2.05) is 38.3 Å². The number of aryl methyl sites for hydroxylation is 2. The quantitative estimate of drug-likeness (QED) is 0.300. The Morgan fingerprint density at radius 1 is 0.943 bits per heavy atom. The second-order valence-corrected chi connectivity index (χ2v) is 11.2. The van der Waals surface area contributed by atoms with Gasteiger partial charge >= 0.3 is 0 Å². The summed E-state index contributed by atoms with van der Waals surface area (Å²) in [6.45, 7) is 7.11. The lowest BCUT2D eigenvalue weighted by molar-refractivity contribution is -0.200. The molecule has 2 aromatic rings. The Kier molecular flexibility index (Phi) is 10.2. The molecule has 194 valence electrons. The van der Waals surface area contributed by atoms with Crippen molar-refractivity contribution < 1.29 is 25.2 Å². The van der Waals surface area contributed by atoms with E-state index in [-0.39, 0.29) is 12.1 Å². The Hall–Kier alpha value is -1.45. The first-order chi connectivity index (χ1) is 16.6. The zero-order valence-electron chi connectivity index (χ0n) is 21.3. The van der Waals surface area contributed by atoms with Gasteiger partial charge in [-0.2, -0.15) is 0 Å². The third-order valence-electron chi connectivity index (χ3n) is 6.81. The van der Waals surface area contributed by atoms with Crippen molar-refractivity contribution in [2.24, 2.45) is 0 Å². The van der Waals surface area contributed by atoms with Crippen molar-refractivity contribution in [1.29, 1.82) is 0 Å². The molecule has 3 rings (SSSR count). The number of aliphatic hydroxyl groups is 4. The number of hydrogen-bond donors (Lipinski definition) is 5. The summed E-state index contributed by atoms with van der Waals surface area (Å²) in [5.74, 6) is 0. The molecule has 2 aromatic carbocycles. The lowest BCUT2D eigenvalue weighted by atomic mass is 9.91. The molecule has 1 aliphatic heterocycles. The Labute approximate surface area is 213 Å². The molecule has 0 aliphatic carbocycles. The maximum Gasteiger partial charge on any atom is 0.132 e. The fraction of sp³-hybridized carbons (Fsp3) is 0.571. The summed E-state index contributed by atoms with van der Waals surface area (Å²) in [4.78, 5) is 0. The van der Waals surface area contributed by atoms with E-state index in [9.17, 15) is 20.4 Å². The van der Waals surface area contributed by atoms with Gasteiger partial charge in [-0.15, -0.1) is 11.8 Å². The summed E-state index contributed by atoms with van der Waals surface area (Å²) in [6, 6.07) is 14.7. The predicted octanol–water partition coefficient (Wildman–Crippen LogP) is 3.11. The van der Waals surface area contributed by atoms with Crippen LogP contribution >= 0.6 is 11.8 Å². The molecule has 0 radical (unpaired) electrons. The molecule has 7 heteroatoms. The van der Waals surface area contributed by atoms with Gasteiger partial charge in [0.05, 0.1) is 6.61 Å². The highest BCUT2D eigenvalue weighted by molar-refractivity contribution is 7.99. The van der Waals surface area contributed by atoms with Gasteiger partial charge in [0.25, 0.3) is 0 Å². The monoisotopic (exact) mass is 503 g/mol. The van der Waals surface area contributed by atoms with Crippen LogP contribution in [0.5, 0.6) is 0 Å². The van der Waals surface area contributed by atoms with E-state index < -0.39 is 29.9 Å².